The highest BCUT2D eigenvalue weighted by atomic mass is 79.9. The molecule has 4 heteroatoms. The van der Waals surface area contributed by atoms with Gasteiger partial charge in [-0.1, -0.05) is 45.7 Å². The third-order valence-electron chi connectivity index (χ3n) is 3.50. The molecule has 0 spiro atoms. The monoisotopic (exact) mass is 413 g/mol. The van der Waals surface area contributed by atoms with Gasteiger partial charge in [0.15, 0.2) is 0 Å². The van der Waals surface area contributed by atoms with Gasteiger partial charge in [0.25, 0.3) is 0 Å². The second-order valence-corrected chi connectivity index (χ2v) is 6.88. The Balaban J connectivity index is 2.42. The summed E-state index contributed by atoms with van der Waals surface area (Å²) < 4.78 is 8.19. The predicted octanol–water partition coefficient (Wildman–Crippen LogP) is 5.76. The molecule has 1 aromatic heterocycles. The van der Waals surface area contributed by atoms with Gasteiger partial charge in [-0.05, 0) is 55.3 Å². The van der Waals surface area contributed by atoms with Crippen LogP contribution in [0.1, 0.15) is 49.0 Å². The molecular weight excluding hydrogens is 394 g/mol. The Morgan fingerprint density at radius 1 is 1.14 bits per heavy atom. The zero-order valence-electron chi connectivity index (χ0n) is 12.7. The van der Waals surface area contributed by atoms with Crippen LogP contribution in [0.15, 0.2) is 37.6 Å². The number of rotatable bonds is 6. The van der Waals surface area contributed by atoms with Crippen molar-refractivity contribution in [1.82, 2.24) is 5.32 Å². The van der Waals surface area contributed by atoms with Crippen molar-refractivity contribution in [2.24, 2.45) is 0 Å². The molecule has 1 heterocycles. The van der Waals surface area contributed by atoms with Gasteiger partial charge in [0, 0.05) is 15.4 Å². The van der Waals surface area contributed by atoms with Crippen LogP contribution in [-0.4, -0.2) is 6.54 Å². The normalized spacial score (nSPS) is 12.6. The molecule has 1 atom stereocenters. The number of furan rings is 1. The summed E-state index contributed by atoms with van der Waals surface area (Å²) in [5.41, 5.74) is 2.41. The van der Waals surface area contributed by atoms with Crippen molar-refractivity contribution in [2.75, 3.05) is 6.54 Å². The summed E-state index contributed by atoms with van der Waals surface area (Å²) in [6, 6.07) is 8.51. The van der Waals surface area contributed by atoms with Gasteiger partial charge in [0.2, 0.25) is 0 Å². The molecule has 0 bridgehead atoms. The van der Waals surface area contributed by atoms with Crippen LogP contribution in [0, 0.1) is 6.92 Å². The highest BCUT2D eigenvalue weighted by Gasteiger charge is 2.20. The van der Waals surface area contributed by atoms with Crippen molar-refractivity contribution >= 4 is 31.9 Å². The van der Waals surface area contributed by atoms with Crippen molar-refractivity contribution in [3.63, 3.8) is 0 Å². The first-order chi connectivity index (χ1) is 10.1. The van der Waals surface area contributed by atoms with E-state index >= 15 is 0 Å². The number of aryl methyl sites for hydroxylation is 2. The largest absolute Gasteiger partial charge is 0.464 e. The number of benzene rings is 1. The van der Waals surface area contributed by atoms with Crippen LogP contribution in [-0.2, 0) is 6.42 Å². The van der Waals surface area contributed by atoms with Crippen molar-refractivity contribution < 1.29 is 4.42 Å². The third kappa shape index (κ3) is 3.99. The standard InChI is InChI=1S/C17H21Br2NO/c1-4-8-20-17(16-7-6-12(5-2)21-16)13-10-14(18)11(3)9-15(13)19/h6-7,9-10,17,20H,4-5,8H2,1-3H3. The molecule has 1 unspecified atom stereocenters. The molecule has 0 aliphatic rings. The maximum Gasteiger partial charge on any atom is 0.125 e. The van der Waals surface area contributed by atoms with Crippen LogP contribution in [0.3, 0.4) is 0 Å². The first-order valence-corrected chi connectivity index (χ1v) is 8.92. The van der Waals surface area contributed by atoms with Gasteiger partial charge >= 0.3 is 0 Å². The van der Waals surface area contributed by atoms with Gasteiger partial charge in [-0.3, -0.25) is 0 Å². The van der Waals surface area contributed by atoms with Gasteiger partial charge in [-0.25, -0.2) is 0 Å². The van der Waals surface area contributed by atoms with Crippen LogP contribution in [0.2, 0.25) is 0 Å². The van der Waals surface area contributed by atoms with E-state index in [-0.39, 0.29) is 6.04 Å². The number of halogens is 2. The summed E-state index contributed by atoms with van der Waals surface area (Å²) in [6.07, 6.45) is 2.00. The van der Waals surface area contributed by atoms with Gasteiger partial charge in [0.1, 0.15) is 11.5 Å². The van der Waals surface area contributed by atoms with E-state index < -0.39 is 0 Å². The number of hydrogen-bond acceptors (Lipinski definition) is 2. The lowest BCUT2D eigenvalue weighted by molar-refractivity contribution is 0.421. The molecule has 114 valence electrons. The average molecular weight is 415 g/mol. The Bertz CT molecular complexity index is 607. The van der Waals surface area contributed by atoms with Gasteiger partial charge in [0.05, 0.1) is 6.04 Å². The maximum atomic E-state index is 5.97. The molecule has 1 N–H and O–H groups in total. The minimum Gasteiger partial charge on any atom is -0.464 e. The molecule has 2 aromatic rings. The molecule has 0 aliphatic carbocycles. The molecule has 0 saturated carbocycles. The van der Waals surface area contributed by atoms with E-state index in [1.54, 1.807) is 0 Å². The molecule has 21 heavy (non-hydrogen) atoms. The third-order valence-corrected chi connectivity index (χ3v) is 5.04. The molecular formula is C17H21Br2NO. The second-order valence-electron chi connectivity index (χ2n) is 5.17. The molecule has 0 aliphatic heterocycles. The molecule has 0 radical (unpaired) electrons. The molecule has 0 saturated heterocycles. The summed E-state index contributed by atoms with van der Waals surface area (Å²) in [7, 11) is 0. The van der Waals surface area contributed by atoms with Crippen molar-refractivity contribution in [1.29, 1.82) is 0 Å². The fraction of sp³-hybridized carbons (Fsp3) is 0.412. The Morgan fingerprint density at radius 2 is 1.90 bits per heavy atom. The van der Waals surface area contributed by atoms with E-state index in [1.807, 2.05) is 0 Å². The van der Waals surface area contributed by atoms with E-state index in [0.717, 1.165) is 39.9 Å². The van der Waals surface area contributed by atoms with E-state index in [2.05, 4.69) is 82.2 Å². The topological polar surface area (TPSA) is 25.2 Å². The zero-order valence-corrected chi connectivity index (χ0v) is 15.8. The first kappa shape index (κ1) is 16.8. The average Bonchev–Trinajstić information content (AvgIpc) is 2.93. The van der Waals surface area contributed by atoms with E-state index in [1.165, 1.54) is 11.1 Å². The van der Waals surface area contributed by atoms with Crippen molar-refractivity contribution in [3.8, 4) is 0 Å². The molecule has 1 aromatic carbocycles. The van der Waals surface area contributed by atoms with Crippen LogP contribution in [0.5, 0.6) is 0 Å². The summed E-state index contributed by atoms with van der Waals surface area (Å²) in [5.74, 6) is 1.99. The minimum absolute atomic E-state index is 0.0662. The number of hydrogen-bond donors (Lipinski definition) is 1. The number of nitrogens with one attached hydrogen (secondary N) is 1. The highest BCUT2D eigenvalue weighted by molar-refractivity contribution is 9.11. The Hall–Kier alpha value is -0.580. The van der Waals surface area contributed by atoms with E-state index in [4.69, 9.17) is 4.42 Å². The van der Waals surface area contributed by atoms with Crippen molar-refractivity contribution in [2.45, 2.75) is 39.7 Å². The highest BCUT2D eigenvalue weighted by Crippen LogP contribution is 2.33. The van der Waals surface area contributed by atoms with E-state index in [9.17, 15) is 0 Å². The predicted molar refractivity (Wildman–Crippen MR) is 94.8 cm³/mol. The zero-order chi connectivity index (χ0) is 15.4. The van der Waals surface area contributed by atoms with Crippen LogP contribution < -0.4 is 5.32 Å². The summed E-state index contributed by atoms with van der Waals surface area (Å²) in [6.45, 7) is 7.32. The minimum atomic E-state index is 0.0662. The smallest absolute Gasteiger partial charge is 0.125 e. The lowest BCUT2D eigenvalue weighted by Gasteiger charge is -2.19. The quantitative estimate of drug-likeness (QED) is 0.649. The molecule has 2 rings (SSSR count). The van der Waals surface area contributed by atoms with Crippen LogP contribution in [0.25, 0.3) is 0 Å². The maximum absolute atomic E-state index is 5.97. The molecule has 2 nitrogen and oxygen atoms in total. The SMILES string of the molecule is CCCNC(c1ccc(CC)o1)c1cc(Br)c(C)cc1Br. The van der Waals surface area contributed by atoms with Crippen molar-refractivity contribution in [3.05, 3.63) is 55.9 Å². The van der Waals surface area contributed by atoms with Gasteiger partial charge < -0.3 is 9.73 Å². The summed E-state index contributed by atoms with van der Waals surface area (Å²) in [5, 5.41) is 3.58. The van der Waals surface area contributed by atoms with E-state index in [0.29, 0.717) is 0 Å². The van der Waals surface area contributed by atoms with Gasteiger partial charge in [-0.15, -0.1) is 0 Å². The summed E-state index contributed by atoms with van der Waals surface area (Å²) >= 11 is 7.32. The lowest BCUT2D eigenvalue weighted by Crippen LogP contribution is -2.23. The molecule has 0 amide bonds. The molecule has 0 fully saturated rings. The Kier molecular flexibility index (Phi) is 6.08. The Labute approximate surface area is 143 Å². The van der Waals surface area contributed by atoms with Crippen LogP contribution in [0.4, 0.5) is 0 Å². The Morgan fingerprint density at radius 3 is 2.52 bits per heavy atom. The lowest BCUT2D eigenvalue weighted by atomic mass is 10.0. The first-order valence-electron chi connectivity index (χ1n) is 7.34. The van der Waals surface area contributed by atoms with Gasteiger partial charge in [-0.2, -0.15) is 0 Å². The summed E-state index contributed by atoms with van der Waals surface area (Å²) in [4.78, 5) is 0. The van der Waals surface area contributed by atoms with Crippen LogP contribution >= 0.6 is 31.9 Å². The fourth-order valence-corrected chi connectivity index (χ4v) is 3.32. The fourth-order valence-electron chi connectivity index (χ4n) is 2.28. The second kappa shape index (κ2) is 7.61.